The van der Waals surface area contributed by atoms with Crippen LogP contribution in [0.2, 0.25) is 0 Å². The fourth-order valence-corrected chi connectivity index (χ4v) is 2.39. The van der Waals surface area contributed by atoms with Crippen LogP contribution in [-0.4, -0.2) is 29.3 Å². The van der Waals surface area contributed by atoms with Crippen molar-refractivity contribution < 1.29 is 14.4 Å². The molecule has 0 unspecified atom stereocenters. The van der Waals surface area contributed by atoms with Gasteiger partial charge in [0.1, 0.15) is 0 Å². The smallest absolute Gasteiger partial charge is 0.273 e. The van der Waals surface area contributed by atoms with E-state index in [0.717, 1.165) is 4.88 Å². The fourth-order valence-electron chi connectivity index (χ4n) is 1.72. The van der Waals surface area contributed by atoms with Crippen molar-refractivity contribution in [2.45, 2.75) is 20.3 Å². The molecule has 0 fully saturated rings. The fraction of sp³-hybridized carbons (Fsp3) is 0.429. The second kappa shape index (κ2) is 6.19. The minimum atomic E-state index is -0.262. The van der Waals surface area contributed by atoms with Crippen LogP contribution in [0.4, 0.5) is 0 Å². The van der Waals surface area contributed by atoms with Crippen molar-refractivity contribution in [1.29, 1.82) is 0 Å². The molecule has 2 aromatic heterocycles. The number of aliphatic hydroxyl groups excluding tert-OH is 1. The average Bonchev–Trinajstić information content (AvgIpc) is 3.06. The Labute approximate surface area is 121 Å². The minimum Gasteiger partial charge on any atom is -0.396 e. The van der Waals surface area contributed by atoms with E-state index < -0.39 is 0 Å². The standard InChI is InChI=1S/C14H18N2O3S/c1-14(2,5-6-17)9-15-13(18)10-8-11(19-16-10)12-4-3-7-20-12/h3-4,7-8,17H,5-6,9H2,1-2H3,(H,15,18). The molecule has 0 aromatic carbocycles. The van der Waals surface area contributed by atoms with Gasteiger partial charge < -0.3 is 14.9 Å². The number of hydrogen-bond donors (Lipinski definition) is 2. The largest absolute Gasteiger partial charge is 0.396 e. The summed E-state index contributed by atoms with van der Waals surface area (Å²) < 4.78 is 5.17. The van der Waals surface area contributed by atoms with E-state index >= 15 is 0 Å². The molecule has 2 rings (SSSR count). The molecule has 2 aromatic rings. The Morgan fingerprint density at radius 3 is 3.00 bits per heavy atom. The first-order valence-corrected chi connectivity index (χ1v) is 7.29. The summed E-state index contributed by atoms with van der Waals surface area (Å²) in [6, 6.07) is 5.47. The van der Waals surface area contributed by atoms with E-state index in [1.54, 1.807) is 6.07 Å². The van der Waals surface area contributed by atoms with E-state index in [1.807, 2.05) is 31.4 Å². The van der Waals surface area contributed by atoms with Crippen LogP contribution in [-0.2, 0) is 0 Å². The predicted molar refractivity (Wildman–Crippen MR) is 77.6 cm³/mol. The number of carbonyl (C=O) groups is 1. The highest BCUT2D eigenvalue weighted by atomic mass is 32.1. The van der Waals surface area contributed by atoms with Gasteiger partial charge in [0.05, 0.1) is 4.88 Å². The van der Waals surface area contributed by atoms with Gasteiger partial charge in [0.2, 0.25) is 0 Å². The summed E-state index contributed by atoms with van der Waals surface area (Å²) in [4.78, 5) is 12.9. The van der Waals surface area contributed by atoms with E-state index in [4.69, 9.17) is 9.63 Å². The maximum atomic E-state index is 12.0. The van der Waals surface area contributed by atoms with Crippen LogP contribution in [0.25, 0.3) is 10.6 Å². The van der Waals surface area contributed by atoms with Crippen molar-refractivity contribution in [3.05, 3.63) is 29.3 Å². The first-order chi connectivity index (χ1) is 9.52. The topological polar surface area (TPSA) is 75.4 Å². The molecular weight excluding hydrogens is 276 g/mol. The third-order valence-electron chi connectivity index (χ3n) is 3.02. The van der Waals surface area contributed by atoms with Crippen molar-refractivity contribution >= 4 is 17.2 Å². The van der Waals surface area contributed by atoms with Gasteiger partial charge in [-0.25, -0.2) is 0 Å². The zero-order valence-electron chi connectivity index (χ0n) is 11.5. The van der Waals surface area contributed by atoms with Crippen molar-refractivity contribution in [2.24, 2.45) is 5.41 Å². The molecule has 108 valence electrons. The second-order valence-electron chi connectivity index (χ2n) is 5.37. The summed E-state index contributed by atoms with van der Waals surface area (Å²) in [5.74, 6) is 0.335. The van der Waals surface area contributed by atoms with E-state index in [2.05, 4.69) is 10.5 Å². The molecular formula is C14H18N2O3S. The molecule has 0 atom stereocenters. The lowest BCUT2D eigenvalue weighted by Gasteiger charge is -2.23. The molecule has 0 saturated carbocycles. The van der Waals surface area contributed by atoms with E-state index in [9.17, 15) is 4.79 Å². The molecule has 20 heavy (non-hydrogen) atoms. The Bertz CT molecular complexity index is 561. The summed E-state index contributed by atoms with van der Waals surface area (Å²) in [5, 5.41) is 17.5. The van der Waals surface area contributed by atoms with Gasteiger partial charge in [-0.1, -0.05) is 25.1 Å². The third-order valence-corrected chi connectivity index (χ3v) is 3.91. The Kier molecular flexibility index (Phi) is 4.57. The predicted octanol–water partition coefficient (Wildman–Crippen LogP) is 2.54. The summed E-state index contributed by atoms with van der Waals surface area (Å²) in [6.07, 6.45) is 0.631. The van der Waals surface area contributed by atoms with E-state index in [1.165, 1.54) is 11.3 Å². The van der Waals surface area contributed by atoms with Gasteiger partial charge in [-0.2, -0.15) is 0 Å². The van der Waals surface area contributed by atoms with Crippen LogP contribution in [0.5, 0.6) is 0 Å². The van der Waals surface area contributed by atoms with Crippen LogP contribution in [0.1, 0.15) is 30.8 Å². The lowest BCUT2D eigenvalue weighted by molar-refractivity contribution is 0.0919. The normalized spacial score (nSPS) is 11.6. The Morgan fingerprint density at radius 2 is 2.35 bits per heavy atom. The number of hydrogen-bond acceptors (Lipinski definition) is 5. The van der Waals surface area contributed by atoms with Crippen LogP contribution in [0, 0.1) is 5.41 Å². The molecule has 0 aliphatic carbocycles. The first-order valence-electron chi connectivity index (χ1n) is 6.41. The van der Waals surface area contributed by atoms with Crippen LogP contribution >= 0.6 is 11.3 Å². The van der Waals surface area contributed by atoms with Gasteiger partial charge in [-0.15, -0.1) is 11.3 Å². The van der Waals surface area contributed by atoms with Gasteiger partial charge in [0, 0.05) is 19.2 Å². The van der Waals surface area contributed by atoms with Crippen LogP contribution in [0.3, 0.4) is 0 Å². The van der Waals surface area contributed by atoms with Gasteiger partial charge >= 0.3 is 0 Å². The number of amides is 1. The number of nitrogens with zero attached hydrogens (tertiary/aromatic N) is 1. The molecule has 0 bridgehead atoms. The molecule has 0 aliphatic rings. The highest BCUT2D eigenvalue weighted by Crippen LogP contribution is 2.25. The Hall–Kier alpha value is -1.66. The third kappa shape index (κ3) is 3.68. The lowest BCUT2D eigenvalue weighted by atomic mass is 9.90. The van der Waals surface area contributed by atoms with E-state index in [0.29, 0.717) is 18.7 Å². The monoisotopic (exact) mass is 294 g/mol. The number of rotatable bonds is 6. The molecule has 6 heteroatoms. The van der Waals surface area contributed by atoms with Gasteiger partial charge in [0.15, 0.2) is 11.5 Å². The zero-order chi connectivity index (χ0) is 14.6. The molecule has 2 N–H and O–H groups in total. The Morgan fingerprint density at radius 1 is 1.55 bits per heavy atom. The number of carbonyl (C=O) groups excluding carboxylic acids is 1. The zero-order valence-corrected chi connectivity index (χ0v) is 12.4. The van der Waals surface area contributed by atoms with Gasteiger partial charge in [-0.05, 0) is 23.3 Å². The van der Waals surface area contributed by atoms with Crippen molar-refractivity contribution in [3.63, 3.8) is 0 Å². The summed E-state index contributed by atoms with van der Waals surface area (Å²) in [7, 11) is 0. The van der Waals surface area contributed by atoms with Crippen LogP contribution < -0.4 is 5.32 Å². The van der Waals surface area contributed by atoms with Gasteiger partial charge in [-0.3, -0.25) is 4.79 Å². The summed E-state index contributed by atoms with van der Waals surface area (Å²) in [5.41, 5.74) is 0.123. The Balaban J connectivity index is 1.97. The first kappa shape index (κ1) is 14.7. The van der Waals surface area contributed by atoms with Crippen molar-refractivity contribution in [3.8, 4) is 10.6 Å². The number of aromatic nitrogens is 1. The molecule has 0 saturated heterocycles. The van der Waals surface area contributed by atoms with Crippen molar-refractivity contribution in [2.75, 3.05) is 13.2 Å². The summed E-state index contributed by atoms with van der Waals surface area (Å²) >= 11 is 1.53. The minimum absolute atomic E-state index is 0.107. The molecule has 1 amide bonds. The van der Waals surface area contributed by atoms with Gasteiger partial charge in [0.25, 0.3) is 5.91 Å². The maximum absolute atomic E-state index is 12.0. The maximum Gasteiger partial charge on any atom is 0.273 e. The highest BCUT2D eigenvalue weighted by molar-refractivity contribution is 7.13. The highest BCUT2D eigenvalue weighted by Gasteiger charge is 2.20. The average molecular weight is 294 g/mol. The van der Waals surface area contributed by atoms with Crippen molar-refractivity contribution in [1.82, 2.24) is 10.5 Å². The van der Waals surface area contributed by atoms with E-state index in [-0.39, 0.29) is 23.6 Å². The molecule has 0 radical (unpaired) electrons. The second-order valence-corrected chi connectivity index (χ2v) is 6.32. The number of nitrogens with one attached hydrogen (secondary N) is 1. The lowest BCUT2D eigenvalue weighted by Crippen LogP contribution is -2.34. The quantitative estimate of drug-likeness (QED) is 0.858. The SMILES string of the molecule is CC(C)(CCO)CNC(=O)c1cc(-c2cccs2)on1. The number of aliphatic hydroxyl groups is 1. The molecule has 5 nitrogen and oxygen atoms in total. The molecule has 0 spiro atoms. The molecule has 0 aliphatic heterocycles. The number of thiophene rings is 1. The molecule has 2 heterocycles. The van der Waals surface area contributed by atoms with Crippen LogP contribution in [0.15, 0.2) is 28.1 Å². The summed E-state index contributed by atoms with van der Waals surface area (Å²) in [6.45, 7) is 4.57.